The molecule has 0 bridgehead atoms. The van der Waals surface area contributed by atoms with Gasteiger partial charge in [-0.3, -0.25) is 10.1 Å². The molecule has 3 heterocycles. The third-order valence-electron chi connectivity index (χ3n) is 2.59. The first-order valence-corrected chi connectivity index (χ1v) is 6.52. The predicted molar refractivity (Wildman–Crippen MR) is 82.6 cm³/mol. The van der Waals surface area contributed by atoms with Crippen LogP contribution in [0.3, 0.4) is 0 Å². The molecule has 2 N–H and O–H groups in total. The van der Waals surface area contributed by atoms with Crippen LogP contribution in [-0.4, -0.2) is 20.2 Å². The second-order valence-corrected chi connectivity index (χ2v) is 4.58. The van der Waals surface area contributed by atoms with Gasteiger partial charge in [0, 0.05) is 31.0 Å². The minimum absolute atomic E-state index is 1.08. The fourth-order valence-corrected chi connectivity index (χ4v) is 1.40. The highest BCUT2D eigenvalue weighted by molar-refractivity contribution is 5.14. The highest BCUT2D eigenvalue weighted by atomic mass is 15.1. The van der Waals surface area contributed by atoms with E-state index >= 15 is 0 Å². The van der Waals surface area contributed by atoms with Crippen molar-refractivity contribution >= 4 is 0 Å². The third-order valence-corrected chi connectivity index (χ3v) is 2.59. The van der Waals surface area contributed by atoms with E-state index in [4.69, 9.17) is 0 Å². The molecule has 0 aliphatic rings. The van der Waals surface area contributed by atoms with E-state index in [1.165, 1.54) is 16.7 Å². The first-order valence-electron chi connectivity index (χ1n) is 6.52. The van der Waals surface area contributed by atoms with E-state index in [1.807, 2.05) is 70.8 Å². The topological polar surface area (TPSA) is 57.4 Å². The van der Waals surface area contributed by atoms with Crippen LogP contribution in [0.25, 0.3) is 0 Å². The highest BCUT2D eigenvalue weighted by Crippen LogP contribution is 1.97. The van der Waals surface area contributed by atoms with Crippen molar-refractivity contribution in [2.24, 2.45) is 0 Å². The molecule has 4 heteroatoms. The van der Waals surface area contributed by atoms with E-state index in [-0.39, 0.29) is 0 Å². The van der Waals surface area contributed by atoms with Gasteiger partial charge in [0.15, 0.2) is 0 Å². The molecule has 0 amide bonds. The number of hydrogen-bond donors (Lipinski definition) is 2. The lowest BCUT2D eigenvalue weighted by Gasteiger charge is -1.89. The van der Waals surface area contributed by atoms with Crippen molar-refractivity contribution < 1.29 is 0 Å². The molecule has 0 atom stereocenters. The van der Waals surface area contributed by atoms with E-state index in [0.717, 1.165) is 5.69 Å². The lowest BCUT2D eigenvalue weighted by molar-refractivity contribution is 1.04. The molecule has 0 spiro atoms. The largest absolute Gasteiger partial charge is 0.368 e. The zero-order chi connectivity index (χ0) is 14.8. The number of H-pyrrole nitrogens is 2. The smallest absolute Gasteiger partial charge is 0.0620 e. The van der Waals surface area contributed by atoms with Crippen LogP contribution in [0.5, 0.6) is 0 Å². The lowest BCUT2D eigenvalue weighted by atomic mass is 10.2. The average Bonchev–Trinajstić information content (AvgIpc) is 3.06. The summed E-state index contributed by atoms with van der Waals surface area (Å²) in [5.41, 5.74) is 4.76. The Morgan fingerprint density at radius 3 is 1.70 bits per heavy atom. The SMILES string of the molecule is Cc1c[nH]nc1C.Cc1cncc(C)c1.c1cc[nH]c1. The van der Waals surface area contributed by atoms with Crippen molar-refractivity contribution in [3.63, 3.8) is 0 Å². The van der Waals surface area contributed by atoms with Gasteiger partial charge in [0.1, 0.15) is 0 Å². The summed E-state index contributed by atoms with van der Waals surface area (Å²) in [6.07, 6.45) is 9.34. The van der Waals surface area contributed by atoms with Gasteiger partial charge in [-0.2, -0.15) is 5.10 Å². The number of nitrogens with zero attached hydrogens (tertiary/aromatic N) is 2. The molecule has 0 radical (unpaired) electrons. The van der Waals surface area contributed by atoms with Crippen molar-refractivity contribution in [1.29, 1.82) is 0 Å². The maximum absolute atomic E-state index is 3.98. The molecule has 20 heavy (non-hydrogen) atoms. The second-order valence-electron chi connectivity index (χ2n) is 4.58. The summed E-state index contributed by atoms with van der Waals surface area (Å²) in [6, 6.07) is 5.99. The van der Waals surface area contributed by atoms with E-state index < -0.39 is 0 Å². The lowest BCUT2D eigenvalue weighted by Crippen LogP contribution is -1.76. The van der Waals surface area contributed by atoms with Gasteiger partial charge in [-0.1, -0.05) is 6.07 Å². The standard InChI is InChI=1S/C7H9N.C5H8N2.C4H5N/c1-6-3-7(2)5-8-4-6;1-4-3-6-7-5(4)2;1-2-4-5-3-1/h3-5H,1-2H3;3H,1-2H3,(H,6,7);1-5H. The van der Waals surface area contributed by atoms with Gasteiger partial charge in [0.05, 0.1) is 5.69 Å². The van der Waals surface area contributed by atoms with E-state index in [9.17, 15) is 0 Å². The van der Waals surface area contributed by atoms with Crippen molar-refractivity contribution in [2.45, 2.75) is 27.7 Å². The molecular formula is C16H22N4. The van der Waals surface area contributed by atoms with Gasteiger partial charge in [-0.15, -0.1) is 0 Å². The molecule has 3 aromatic heterocycles. The Balaban J connectivity index is 0.000000154. The first-order chi connectivity index (χ1) is 9.59. The number of nitrogens with one attached hydrogen (secondary N) is 2. The average molecular weight is 270 g/mol. The van der Waals surface area contributed by atoms with Crippen LogP contribution in [0.2, 0.25) is 0 Å². The number of aromatic amines is 2. The minimum Gasteiger partial charge on any atom is -0.368 e. The van der Waals surface area contributed by atoms with Crippen molar-refractivity contribution in [2.75, 3.05) is 0 Å². The molecule has 0 fully saturated rings. The molecule has 4 nitrogen and oxygen atoms in total. The quantitative estimate of drug-likeness (QED) is 0.653. The molecule has 0 aliphatic carbocycles. The molecule has 0 aromatic carbocycles. The van der Waals surface area contributed by atoms with Gasteiger partial charge >= 0.3 is 0 Å². The van der Waals surface area contributed by atoms with Crippen LogP contribution in [0.15, 0.2) is 49.2 Å². The molecule has 106 valence electrons. The van der Waals surface area contributed by atoms with Crippen LogP contribution in [-0.2, 0) is 0 Å². The van der Waals surface area contributed by atoms with Gasteiger partial charge in [-0.25, -0.2) is 0 Å². The van der Waals surface area contributed by atoms with E-state index in [0.29, 0.717) is 0 Å². The summed E-state index contributed by atoms with van der Waals surface area (Å²) < 4.78 is 0. The number of pyridine rings is 1. The van der Waals surface area contributed by atoms with Gasteiger partial charge in [-0.05, 0) is 56.5 Å². The highest BCUT2D eigenvalue weighted by Gasteiger charge is 1.88. The van der Waals surface area contributed by atoms with Crippen LogP contribution >= 0.6 is 0 Å². The Hall–Kier alpha value is -2.36. The summed E-state index contributed by atoms with van der Waals surface area (Å²) in [4.78, 5) is 6.84. The molecule has 3 aromatic rings. The summed E-state index contributed by atoms with van der Waals surface area (Å²) in [7, 11) is 0. The van der Waals surface area contributed by atoms with E-state index in [2.05, 4.69) is 26.2 Å². The van der Waals surface area contributed by atoms with Crippen molar-refractivity contribution in [1.82, 2.24) is 20.2 Å². The second kappa shape index (κ2) is 8.69. The number of aryl methyl sites for hydroxylation is 4. The summed E-state index contributed by atoms with van der Waals surface area (Å²) in [5.74, 6) is 0. The maximum atomic E-state index is 3.98. The Morgan fingerprint density at radius 2 is 1.50 bits per heavy atom. The Morgan fingerprint density at radius 1 is 0.900 bits per heavy atom. The monoisotopic (exact) mass is 270 g/mol. The Labute approximate surface area is 120 Å². The Bertz CT molecular complexity index is 531. The fourth-order valence-electron chi connectivity index (χ4n) is 1.40. The summed E-state index contributed by atoms with van der Waals surface area (Å²) in [6.45, 7) is 8.09. The number of rotatable bonds is 0. The number of aromatic nitrogens is 4. The minimum atomic E-state index is 1.08. The molecular weight excluding hydrogens is 248 g/mol. The molecule has 3 rings (SSSR count). The van der Waals surface area contributed by atoms with Crippen LogP contribution in [0, 0.1) is 27.7 Å². The summed E-state index contributed by atoms with van der Waals surface area (Å²) >= 11 is 0. The van der Waals surface area contributed by atoms with E-state index in [1.54, 1.807) is 0 Å². The van der Waals surface area contributed by atoms with Gasteiger partial charge in [0.25, 0.3) is 0 Å². The van der Waals surface area contributed by atoms with Crippen LogP contribution in [0.1, 0.15) is 22.4 Å². The third kappa shape index (κ3) is 6.54. The maximum Gasteiger partial charge on any atom is 0.0620 e. The fraction of sp³-hybridized carbons (Fsp3) is 0.250. The molecule has 0 saturated heterocycles. The molecule has 0 saturated carbocycles. The number of hydrogen-bond acceptors (Lipinski definition) is 2. The summed E-state index contributed by atoms with van der Waals surface area (Å²) in [5, 5.41) is 6.64. The first kappa shape index (κ1) is 15.7. The van der Waals surface area contributed by atoms with Gasteiger partial charge < -0.3 is 4.98 Å². The predicted octanol–water partition coefficient (Wildman–Crippen LogP) is 3.74. The van der Waals surface area contributed by atoms with Crippen LogP contribution < -0.4 is 0 Å². The van der Waals surface area contributed by atoms with Crippen molar-refractivity contribution in [3.8, 4) is 0 Å². The Kier molecular flexibility index (Phi) is 6.82. The molecule has 0 unspecified atom stereocenters. The molecule has 0 aliphatic heterocycles. The zero-order valence-electron chi connectivity index (χ0n) is 12.5. The van der Waals surface area contributed by atoms with Crippen molar-refractivity contribution in [3.05, 3.63) is 71.6 Å². The van der Waals surface area contributed by atoms with Gasteiger partial charge in [0.2, 0.25) is 0 Å². The normalized spacial score (nSPS) is 9.00. The van der Waals surface area contributed by atoms with Crippen LogP contribution in [0.4, 0.5) is 0 Å². The zero-order valence-corrected chi connectivity index (χ0v) is 12.5.